The molecule has 3 amide bonds. The third-order valence-corrected chi connectivity index (χ3v) is 3.20. The van der Waals surface area contributed by atoms with Crippen molar-refractivity contribution in [2.75, 3.05) is 6.61 Å². The summed E-state index contributed by atoms with van der Waals surface area (Å²) in [5, 5.41) is 20.9. The second-order valence-electron chi connectivity index (χ2n) is 5.13. The average Bonchev–Trinajstić information content (AvgIpc) is 2.65. The number of amides is 3. The van der Waals surface area contributed by atoms with Crippen LogP contribution < -0.4 is 5.32 Å². The number of aliphatic hydroxyl groups excluding tert-OH is 2. The van der Waals surface area contributed by atoms with Gasteiger partial charge in [-0.1, -0.05) is 19.3 Å². The van der Waals surface area contributed by atoms with Gasteiger partial charge in [0.2, 0.25) is 5.91 Å². The first kappa shape index (κ1) is 17.0. The maximum absolute atomic E-state index is 11.7. The van der Waals surface area contributed by atoms with E-state index < -0.39 is 29.9 Å². The van der Waals surface area contributed by atoms with Crippen LogP contribution in [0.4, 0.5) is 4.79 Å². The molecular formula is C11H17N2O5Y-. The zero-order valence-electron chi connectivity index (χ0n) is 10.9. The minimum Gasteiger partial charge on any atom is -0.450 e. The summed E-state index contributed by atoms with van der Waals surface area (Å²) in [7, 11) is 0. The van der Waals surface area contributed by atoms with Crippen molar-refractivity contribution < 1.29 is 57.2 Å². The smallest absolute Gasteiger partial charge is 0.296 e. The summed E-state index contributed by atoms with van der Waals surface area (Å²) < 4.78 is 5.38. The molecule has 2 aliphatic rings. The van der Waals surface area contributed by atoms with Gasteiger partial charge in [-0.3, -0.25) is 14.9 Å². The molecule has 0 spiro atoms. The van der Waals surface area contributed by atoms with Gasteiger partial charge < -0.3 is 19.8 Å². The van der Waals surface area contributed by atoms with Crippen LogP contribution in [0.5, 0.6) is 0 Å². The molecule has 0 aromatic carbocycles. The number of hydrogen-bond acceptors (Lipinski definition) is 5. The summed E-state index contributed by atoms with van der Waals surface area (Å²) in [4.78, 5) is 24.5. The number of imide groups is 1. The first-order valence-electron chi connectivity index (χ1n) is 5.79. The number of urea groups is 1. The minimum atomic E-state index is -0.820. The van der Waals surface area contributed by atoms with Crippen LogP contribution in [0.3, 0.4) is 0 Å². The third-order valence-electron chi connectivity index (χ3n) is 3.20. The summed E-state index contributed by atoms with van der Waals surface area (Å²) in [6.45, 7) is 4.54. The van der Waals surface area contributed by atoms with Crippen molar-refractivity contribution in [2.45, 2.75) is 38.7 Å². The Morgan fingerprint density at radius 2 is 2.16 bits per heavy atom. The molecule has 0 aromatic heterocycles. The predicted octanol–water partition coefficient (Wildman–Crippen LogP) is -0.808. The maximum Gasteiger partial charge on any atom is 0.296 e. The zero-order chi connectivity index (χ0) is 13.5. The molecule has 0 aliphatic carbocycles. The molecule has 2 saturated heterocycles. The van der Waals surface area contributed by atoms with Gasteiger partial charge in [-0.05, 0) is 0 Å². The van der Waals surface area contributed by atoms with Crippen LogP contribution in [0, 0.1) is 12.0 Å². The molecule has 0 bridgehead atoms. The van der Waals surface area contributed by atoms with E-state index in [-0.39, 0.29) is 51.6 Å². The fourth-order valence-corrected chi connectivity index (χ4v) is 2.05. The number of carbonyl (C=O) groups is 2. The van der Waals surface area contributed by atoms with E-state index in [1.165, 1.54) is 11.4 Å². The van der Waals surface area contributed by atoms with Crippen molar-refractivity contribution in [1.82, 2.24) is 10.2 Å². The minimum absolute atomic E-state index is 0. The van der Waals surface area contributed by atoms with Crippen LogP contribution in [-0.4, -0.2) is 52.1 Å². The molecule has 105 valence electrons. The van der Waals surface area contributed by atoms with Crippen LogP contribution >= 0.6 is 0 Å². The number of aliphatic hydroxyl groups is 2. The van der Waals surface area contributed by atoms with Crippen LogP contribution in [0.15, 0.2) is 0 Å². The quantitative estimate of drug-likeness (QED) is 0.568. The number of ether oxygens (including phenoxy) is 1. The Kier molecular flexibility index (Phi) is 5.48. The Labute approximate surface area is 136 Å². The van der Waals surface area contributed by atoms with Crippen molar-refractivity contribution in [1.29, 1.82) is 0 Å². The molecule has 8 heteroatoms. The molecule has 2 rings (SSSR count). The molecule has 2 heterocycles. The standard InChI is InChI=1S/C11H17N2O5.Y/c1-11(2)5-13(10(17)12-9(11)16)8-3-6(15)7(4-14)18-8;/h5-8,14-15H,3-4H2,1-2H3,(H,12,16,17);/q-1;. The summed E-state index contributed by atoms with van der Waals surface area (Å²) in [6, 6.07) is -0.574. The first-order valence-corrected chi connectivity index (χ1v) is 5.79. The topological polar surface area (TPSA) is 99.1 Å². The Balaban J connectivity index is 0.00000180. The van der Waals surface area contributed by atoms with Crippen LogP contribution in [0.25, 0.3) is 0 Å². The average molecular weight is 346 g/mol. The molecule has 2 fully saturated rings. The molecule has 0 aromatic rings. The summed E-state index contributed by atoms with van der Waals surface area (Å²) in [6.07, 6.45) is -1.97. The molecule has 0 saturated carbocycles. The summed E-state index contributed by atoms with van der Waals surface area (Å²) in [5.41, 5.74) is -0.820. The maximum atomic E-state index is 11.7. The molecule has 1 radical (unpaired) electrons. The number of carbonyl (C=O) groups excluding carboxylic acids is 2. The summed E-state index contributed by atoms with van der Waals surface area (Å²) in [5.74, 6) is -0.374. The molecule has 7 nitrogen and oxygen atoms in total. The van der Waals surface area contributed by atoms with Crippen molar-refractivity contribution in [3.05, 3.63) is 6.54 Å². The number of hydrogen-bond donors (Lipinski definition) is 3. The Morgan fingerprint density at radius 1 is 1.53 bits per heavy atom. The Hall–Kier alpha value is -0.0761. The number of nitrogens with zero attached hydrogens (tertiary/aromatic N) is 1. The fourth-order valence-electron chi connectivity index (χ4n) is 2.05. The van der Waals surface area contributed by atoms with Gasteiger partial charge in [0, 0.05) is 39.1 Å². The van der Waals surface area contributed by atoms with E-state index in [1.807, 2.05) is 0 Å². The van der Waals surface area contributed by atoms with Gasteiger partial charge in [-0.25, -0.2) is 6.54 Å². The summed E-state index contributed by atoms with van der Waals surface area (Å²) >= 11 is 0. The van der Waals surface area contributed by atoms with Gasteiger partial charge in [0.05, 0.1) is 12.7 Å². The van der Waals surface area contributed by atoms with E-state index in [0.29, 0.717) is 0 Å². The Morgan fingerprint density at radius 3 is 2.68 bits per heavy atom. The molecule has 19 heavy (non-hydrogen) atoms. The fraction of sp³-hybridized carbons (Fsp3) is 0.727. The van der Waals surface area contributed by atoms with E-state index in [9.17, 15) is 14.7 Å². The van der Waals surface area contributed by atoms with Crippen molar-refractivity contribution >= 4 is 11.9 Å². The van der Waals surface area contributed by atoms with Gasteiger partial charge in [-0.2, -0.15) is 0 Å². The first-order chi connectivity index (χ1) is 8.35. The second kappa shape index (κ2) is 6.14. The van der Waals surface area contributed by atoms with Crippen molar-refractivity contribution in [3.8, 4) is 0 Å². The van der Waals surface area contributed by atoms with E-state index in [4.69, 9.17) is 9.84 Å². The van der Waals surface area contributed by atoms with Crippen LogP contribution in [0.2, 0.25) is 0 Å². The molecule has 3 unspecified atom stereocenters. The molecule has 2 aliphatic heterocycles. The van der Waals surface area contributed by atoms with Crippen molar-refractivity contribution in [3.63, 3.8) is 0 Å². The second-order valence-corrected chi connectivity index (χ2v) is 5.13. The monoisotopic (exact) mass is 346 g/mol. The Bertz CT molecular complexity index is 376. The third kappa shape index (κ3) is 3.33. The van der Waals surface area contributed by atoms with Gasteiger partial charge >= 0.3 is 0 Å². The molecule has 3 atom stereocenters. The van der Waals surface area contributed by atoms with E-state index in [2.05, 4.69) is 5.32 Å². The van der Waals surface area contributed by atoms with Crippen LogP contribution in [-0.2, 0) is 42.2 Å². The van der Waals surface area contributed by atoms with Crippen LogP contribution in [0.1, 0.15) is 20.3 Å². The molecular weight excluding hydrogens is 329 g/mol. The predicted molar refractivity (Wildman–Crippen MR) is 59.8 cm³/mol. The van der Waals surface area contributed by atoms with Gasteiger partial charge in [-0.15, -0.1) is 0 Å². The van der Waals surface area contributed by atoms with Gasteiger partial charge in [0.1, 0.15) is 12.3 Å². The largest absolute Gasteiger partial charge is 0.450 e. The molecule has 3 N–H and O–H groups in total. The number of nitrogens with one attached hydrogen (secondary N) is 1. The SMILES string of the molecule is CC1(C)[CH-]N(C2CC(O)C(CO)O2)C(=O)NC1=O.[Y]. The number of rotatable bonds is 2. The van der Waals surface area contributed by atoms with E-state index >= 15 is 0 Å². The van der Waals surface area contributed by atoms with E-state index in [1.54, 1.807) is 13.8 Å². The van der Waals surface area contributed by atoms with E-state index in [0.717, 1.165) is 0 Å². The van der Waals surface area contributed by atoms with Gasteiger partial charge in [0.15, 0.2) is 0 Å². The van der Waals surface area contributed by atoms with Crippen molar-refractivity contribution in [2.24, 2.45) is 5.41 Å². The van der Waals surface area contributed by atoms with Gasteiger partial charge in [0.25, 0.3) is 6.03 Å². The zero-order valence-corrected chi connectivity index (χ0v) is 13.7. The normalized spacial score (nSPS) is 33.9.